The van der Waals surface area contributed by atoms with Crippen LogP contribution in [-0.2, 0) is 4.79 Å². The predicted octanol–water partition coefficient (Wildman–Crippen LogP) is 0.208. The highest BCUT2D eigenvalue weighted by Crippen LogP contribution is 2.09. The molecule has 1 saturated heterocycles. The van der Waals surface area contributed by atoms with Gasteiger partial charge in [-0.05, 0) is 45.1 Å². The second-order valence-corrected chi connectivity index (χ2v) is 4.78. The average molecular weight is 263 g/mol. The fourth-order valence-corrected chi connectivity index (χ4v) is 2.21. The molecule has 2 rings (SSSR count). The Bertz CT molecular complexity index is 391. The molecule has 2 heterocycles. The van der Waals surface area contributed by atoms with Gasteiger partial charge in [-0.25, -0.2) is 4.98 Å². The average Bonchev–Trinajstić information content (AvgIpc) is 2.47. The Morgan fingerprint density at radius 1 is 1.47 bits per heavy atom. The van der Waals surface area contributed by atoms with Crippen LogP contribution in [0, 0.1) is 0 Å². The summed E-state index contributed by atoms with van der Waals surface area (Å²) in [7, 11) is 2.00. The first-order chi connectivity index (χ1) is 9.25. The maximum Gasteiger partial charge on any atom is 0.252 e. The number of hydrogen-bond acceptors (Lipinski definition) is 5. The van der Waals surface area contributed by atoms with E-state index in [-0.39, 0.29) is 5.91 Å². The van der Waals surface area contributed by atoms with Crippen LogP contribution in [-0.4, -0.2) is 48.5 Å². The van der Waals surface area contributed by atoms with Crippen LogP contribution in [0.25, 0.3) is 0 Å². The summed E-state index contributed by atoms with van der Waals surface area (Å²) >= 11 is 0. The summed E-state index contributed by atoms with van der Waals surface area (Å²) in [4.78, 5) is 18.0. The van der Waals surface area contributed by atoms with Crippen LogP contribution in [0.2, 0.25) is 0 Å². The number of amides is 1. The molecule has 0 spiro atoms. The molecule has 1 amide bonds. The van der Waals surface area contributed by atoms with Gasteiger partial charge in [0.1, 0.15) is 5.82 Å². The number of hydrazine groups is 1. The molecule has 6 heteroatoms. The number of carbonyl (C=O) groups is 1. The Morgan fingerprint density at radius 3 is 2.95 bits per heavy atom. The van der Waals surface area contributed by atoms with Gasteiger partial charge in [-0.2, -0.15) is 0 Å². The largest absolute Gasteiger partial charge is 0.317 e. The van der Waals surface area contributed by atoms with E-state index in [9.17, 15) is 4.79 Å². The summed E-state index contributed by atoms with van der Waals surface area (Å²) in [5, 5.41) is 3.32. The molecule has 1 fully saturated rings. The number of hydrogen-bond donors (Lipinski definition) is 3. The maximum atomic E-state index is 11.8. The summed E-state index contributed by atoms with van der Waals surface area (Å²) in [5.41, 5.74) is 5.46. The standard InChI is InChI=1S/C13H21N5O/c1-18(11-5-8-14-9-6-11)10-13(19)17-16-12-4-2-3-7-15-12/h2-4,7,11,14H,5-6,8-10H2,1H3,(H,15,16)(H,17,19). The molecule has 0 atom stereocenters. The quantitative estimate of drug-likeness (QED) is 0.663. The lowest BCUT2D eigenvalue weighted by Crippen LogP contribution is -2.46. The molecule has 1 aromatic heterocycles. The Balaban J connectivity index is 1.71. The molecule has 0 aliphatic carbocycles. The van der Waals surface area contributed by atoms with Gasteiger partial charge in [0, 0.05) is 12.2 Å². The van der Waals surface area contributed by atoms with Crippen molar-refractivity contribution >= 4 is 11.7 Å². The van der Waals surface area contributed by atoms with Gasteiger partial charge in [0.05, 0.1) is 6.54 Å². The molecule has 1 aliphatic rings. The third-order valence-electron chi connectivity index (χ3n) is 3.32. The van der Waals surface area contributed by atoms with Gasteiger partial charge in [-0.1, -0.05) is 6.07 Å². The lowest BCUT2D eigenvalue weighted by atomic mass is 10.1. The van der Waals surface area contributed by atoms with Crippen molar-refractivity contribution in [3.8, 4) is 0 Å². The fourth-order valence-electron chi connectivity index (χ4n) is 2.21. The molecule has 0 radical (unpaired) electrons. The first kappa shape index (κ1) is 13.8. The van der Waals surface area contributed by atoms with Crippen molar-refractivity contribution in [2.24, 2.45) is 0 Å². The van der Waals surface area contributed by atoms with Crippen molar-refractivity contribution in [2.45, 2.75) is 18.9 Å². The number of piperidine rings is 1. The number of rotatable bonds is 5. The topological polar surface area (TPSA) is 69.3 Å². The van der Waals surface area contributed by atoms with Crippen LogP contribution < -0.4 is 16.2 Å². The normalized spacial score (nSPS) is 16.3. The third-order valence-corrected chi connectivity index (χ3v) is 3.32. The van der Waals surface area contributed by atoms with Crippen molar-refractivity contribution in [1.29, 1.82) is 0 Å². The monoisotopic (exact) mass is 263 g/mol. The molecule has 1 aromatic rings. The van der Waals surface area contributed by atoms with Gasteiger partial charge in [-0.3, -0.25) is 20.5 Å². The van der Waals surface area contributed by atoms with E-state index in [0.717, 1.165) is 25.9 Å². The van der Waals surface area contributed by atoms with Gasteiger partial charge in [0.15, 0.2) is 0 Å². The van der Waals surface area contributed by atoms with E-state index in [1.807, 2.05) is 19.2 Å². The minimum atomic E-state index is -0.0494. The van der Waals surface area contributed by atoms with Crippen LogP contribution >= 0.6 is 0 Å². The van der Waals surface area contributed by atoms with Gasteiger partial charge < -0.3 is 5.32 Å². The van der Waals surface area contributed by atoms with Crippen LogP contribution in [0.15, 0.2) is 24.4 Å². The predicted molar refractivity (Wildman–Crippen MR) is 74.5 cm³/mol. The highest BCUT2D eigenvalue weighted by atomic mass is 16.2. The minimum Gasteiger partial charge on any atom is -0.317 e. The van der Waals surface area contributed by atoms with Crippen LogP contribution in [0.3, 0.4) is 0 Å². The fraction of sp³-hybridized carbons (Fsp3) is 0.538. The molecule has 0 aromatic carbocycles. The second kappa shape index (κ2) is 7.06. The van der Waals surface area contributed by atoms with Crippen LogP contribution in [0.1, 0.15) is 12.8 Å². The summed E-state index contributed by atoms with van der Waals surface area (Å²) in [5.74, 6) is 0.590. The second-order valence-electron chi connectivity index (χ2n) is 4.78. The van der Waals surface area contributed by atoms with Gasteiger partial charge in [0.2, 0.25) is 0 Å². The molecule has 19 heavy (non-hydrogen) atoms. The molecule has 3 N–H and O–H groups in total. The summed E-state index contributed by atoms with van der Waals surface area (Å²) in [6.45, 7) is 2.45. The molecule has 0 unspecified atom stereocenters. The first-order valence-electron chi connectivity index (χ1n) is 6.62. The number of nitrogens with one attached hydrogen (secondary N) is 3. The number of likely N-dealkylation sites (N-methyl/N-ethyl adjacent to an activating group) is 1. The summed E-state index contributed by atoms with van der Waals surface area (Å²) < 4.78 is 0. The zero-order valence-corrected chi connectivity index (χ0v) is 11.2. The Hall–Kier alpha value is -1.66. The van der Waals surface area contributed by atoms with Crippen molar-refractivity contribution < 1.29 is 4.79 Å². The van der Waals surface area contributed by atoms with Crippen molar-refractivity contribution in [2.75, 3.05) is 32.1 Å². The Kier molecular flexibility index (Phi) is 5.11. The summed E-state index contributed by atoms with van der Waals surface area (Å²) in [6, 6.07) is 5.99. The molecular formula is C13H21N5O. The van der Waals surface area contributed by atoms with E-state index in [0.29, 0.717) is 18.4 Å². The van der Waals surface area contributed by atoms with E-state index in [1.54, 1.807) is 12.3 Å². The van der Waals surface area contributed by atoms with E-state index < -0.39 is 0 Å². The number of nitrogens with zero attached hydrogens (tertiary/aromatic N) is 2. The maximum absolute atomic E-state index is 11.8. The van der Waals surface area contributed by atoms with E-state index in [2.05, 4.69) is 26.1 Å². The number of anilines is 1. The zero-order valence-electron chi connectivity index (χ0n) is 11.2. The van der Waals surface area contributed by atoms with Gasteiger partial charge in [-0.15, -0.1) is 0 Å². The molecule has 0 bridgehead atoms. The number of aromatic nitrogens is 1. The molecule has 1 aliphatic heterocycles. The van der Waals surface area contributed by atoms with Crippen LogP contribution in [0.4, 0.5) is 5.82 Å². The molecular weight excluding hydrogens is 242 g/mol. The van der Waals surface area contributed by atoms with Crippen molar-refractivity contribution in [1.82, 2.24) is 20.6 Å². The smallest absolute Gasteiger partial charge is 0.252 e. The lowest BCUT2D eigenvalue weighted by molar-refractivity contribution is -0.122. The van der Waals surface area contributed by atoms with Crippen molar-refractivity contribution in [3.05, 3.63) is 24.4 Å². The van der Waals surface area contributed by atoms with E-state index >= 15 is 0 Å². The zero-order chi connectivity index (χ0) is 13.5. The number of carbonyl (C=O) groups excluding carboxylic acids is 1. The van der Waals surface area contributed by atoms with E-state index in [4.69, 9.17) is 0 Å². The molecule has 6 nitrogen and oxygen atoms in total. The molecule has 104 valence electrons. The minimum absolute atomic E-state index is 0.0494. The first-order valence-corrected chi connectivity index (χ1v) is 6.62. The number of pyridine rings is 1. The van der Waals surface area contributed by atoms with Gasteiger partial charge >= 0.3 is 0 Å². The highest BCUT2D eigenvalue weighted by molar-refractivity contribution is 5.79. The molecule has 0 saturated carbocycles. The van der Waals surface area contributed by atoms with E-state index in [1.165, 1.54) is 0 Å². The van der Waals surface area contributed by atoms with Crippen molar-refractivity contribution in [3.63, 3.8) is 0 Å². The third kappa shape index (κ3) is 4.50. The SMILES string of the molecule is CN(CC(=O)NNc1ccccn1)C1CCNCC1. The van der Waals surface area contributed by atoms with Crippen LogP contribution in [0.5, 0.6) is 0 Å². The van der Waals surface area contributed by atoms with Gasteiger partial charge in [0.25, 0.3) is 5.91 Å². The Labute approximate surface area is 113 Å². The highest BCUT2D eigenvalue weighted by Gasteiger charge is 2.19. The Morgan fingerprint density at radius 2 is 2.26 bits per heavy atom. The lowest BCUT2D eigenvalue weighted by Gasteiger charge is -2.31. The summed E-state index contributed by atoms with van der Waals surface area (Å²) in [6.07, 6.45) is 3.87.